The Hall–Kier alpha value is -1.18. The zero-order valence-electron chi connectivity index (χ0n) is 13.6. The molecule has 130 valence electrons. The molecule has 3 amide bonds. The summed E-state index contributed by atoms with van der Waals surface area (Å²) in [4.78, 5) is 38.5. The summed E-state index contributed by atoms with van der Waals surface area (Å²) in [5.74, 6) is -1.54. The monoisotopic (exact) mass is 345 g/mol. The number of amides is 3. The maximum atomic E-state index is 12.6. The summed E-state index contributed by atoms with van der Waals surface area (Å²) < 4.78 is 5.69. The quantitative estimate of drug-likeness (QED) is 0.667. The molecule has 0 aromatic carbocycles. The van der Waals surface area contributed by atoms with Crippen LogP contribution in [-0.4, -0.2) is 60.5 Å². The lowest BCUT2D eigenvalue weighted by Gasteiger charge is -2.24. The van der Waals surface area contributed by atoms with Crippen molar-refractivity contribution in [3.63, 3.8) is 0 Å². The van der Waals surface area contributed by atoms with Crippen molar-refractivity contribution in [3.05, 3.63) is 0 Å². The lowest BCUT2D eigenvalue weighted by Crippen LogP contribution is -2.51. The largest absolute Gasteiger partial charge is 0.373 e. The second-order valence-electron chi connectivity index (χ2n) is 6.50. The van der Waals surface area contributed by atoms with E-state index >= 15 is 0 Å². The van der Waals surface area contributed by atoms with E-state index in [1.54, 1.807) is 6.92 Å². The van der Waals surface area contributed by atoms with Crippen molar-refractivity contribution in [3.8, 4) is 0 Å². The van der Waals surface area contributed by atoms with E-state index in [0.29, 0.717) is 6.54 Å². The molecule has 0 radical (unpaired) electrons. The zero-order valence-corrected chi connectivity index (χ0v) is 14.4. The van der Waals surface area contributed by atoms with Gasteiger partial charge in [-0.2, -0.15) is 0 Å². The van der Waals surface area contributed by atoms with Gasteiger partial charge in [0.1, 0.15) is 6.04 Å². The number of nitrogens with one attached hydrogen (secondary N) is 2. The fourth-order valence-electron chi connectivity index (χ4n) is 3.74. The van der Waals surface area contributed by atoms with Gasteiger partial charge in [-0.1, -0.05) is 0 Å². The summed E-state index contributed by atoms with van der Waals surface area (Å²) in [5, 5.41) is 5.80. The number of imide groups is 1. The predicted molar refractivity (Wildman–Crippen MR) is 85.0 cm³/mol. The Morgan fingerprint density at radius 2 is 1.74 bits per heavy atom. The number of hydrogen-bond acceptors (Lipinski definition) is 5. The lowest BCUT2D eigenvalue weighted by atomic mass is 9.81. The third kappa shape index (κ3) is 2.86. The van der Waals surface area contributed by atoms with Crippen LogP contribution >= 0.6 is 12.4 Å². The highest BCUT2D eigenvalue weighted by Gasteiger charge is 2.63. The number of hydrogen-bond donors (Lipinski definition) is 2. The molecule has 3 aliphatic rings. The summed E-state index contributed by atoms with van der Waals surface area (Å²) in [6, 6.07) is -0.640. The number of carbonyl (C=O) groups excluding carboxylic acids is 3. The van der Waals surface area contributed by atoms with E-state index in [9.17, 15) is 14.4 Å². The first-order valence-electron chi connectivity index (χ1n) is 7.93. The molecule has 3 heterocycles. The van der Waals surface area contributed by atoms with Gasteiger partial charge in [0, 0.05) is 12.6 Å². The second-order valence-corrected chi connectivity index (χ2v) is 6.50. The maximum absolute atomic E-state index is 12.6. The highest BCUT2D eigenvalue weighted by Crippen LogP contribution is 2.48. The Kier molecular flexibility index (Phi) is 5.33. The first-order chi connectivity index (χ1) is 10.5. The minimum atomic E-state index is -0.769. The topological polar surface area (TPSA) is 87.7 Å². The molecule has 23 heavy (non-hydrogen) atoms. The fourth-order valence-corrected chi connectivity index (χ4v) is 3.74. The van der Waals surface area contributed by atoms with Crippen LogP contribution in [0.25, 0.3) is 0 Å². The summed E-state index contributed by atoms with van der Waals surface area (Å²) in [6.07, 6.45) is 1.38. The van der Waals surface area contributed by atoms with Crippen LogP contribution in [0.1, 0.15) is 26.7 Å². The zero-order chi connectivity index (χ0) is 16.0. The number of halogens is 1. The van der Waals surface area contributed by atoms with Crippen molar-refractivity contribution < 1.29 is 19.1 Å². The van der Waals surface area contributed by atoms with Crippen LogP contribution in [0.15, 0.2) is 0 Å². The van der Waals surface area contributed by atoms with Gasteiger partial charge < -0.3 is 15.4 Å². The van der Waals surface area contributed by atoms with Crippen molar-refractivity contribution in [1.29, 1.82) is 0 Å². The number of nitrogens with zero attached hydrogens (tertiary/aromatic N) is 1. The van der Waals surface area contributed by atoms with Crippen LogP contribution in [0.3, 0.4) is 0 Å². The number of likely N-dealkylation sites (tertiary alicyclic amines) is 1. The normalized spacial score (nSPS) is 34.1. The highest BCUT2D eigenvalue weighted by atomic mass is 35.5. The molecule has 0 aromatic heterocycles. The Bertz CT molecular complexity index is 487. The van der Waals surface area contributed by atoms with Gasteiger partial charge in [-0.3, -0.25) is 19.3 Å². The average Bonchev–Trinajstić information content (AvgIpc) is 3.18. The molecular formula is C15H24ClN3O4. The van der Waals surface area contributed by atoms with Gasteiger partial charge in [0.2, 0.25) is 17.7 Å². The van der Waals surface area contributed by atoms with E-state index in [2.05, 4.69) is 10.6 Å². The molecule has 6 atom stereocenters. The third-order valence-corrected chi connectivity index (χ3v) is 5.16. The number of fused-ring (bicyclic) bond motifs is 5. The molecule has 0 aliphatic carbocycles. The molecule has 6 unspecified atom stereocenters. The van der Waals surface area contributed by atoms with Gasteiger partial charge in [0.15, 0.2) is 0 Å². The summed E-state index contributed by atoms with van der Waals surface area (Å²) in [5.41, 5.74) is 0. The fraction of sp³-hybridized carbons (Fsp3) is 0.800. The van der Waals surface area contributed by atoms with E-state index < -0.39 is 6.04 Å². The van der Waals surface area contributed by atoms with Crippen LogP contribution < -0.4 is 10.6 Å². The molecule has 2 N–H and O–H groups in total. The molecule has 0 saturated carbocycles. The Balaban J connectivity index is 0.00000192. The maximum Gasteiger partial charge on any atom is 0.243 e. The van der Waals surface area contributed by atoms with Crippen molar-refractivity contribution in [1.82, 2.24) is 15.5 Å². The summed E-state index contributed by atoms with van der Waals surface area (Å²) >= 11 is 0. The van der Waals surface area contributed by atoms with E-state index in [4.69, 9.17) is 4.74 Å². The van der Waals surface area contributed by atoms with E-state index in [1.807, 2.05) is 14.0 Å². The molecule has 0 spiro atoms. The van der Waals surface area contributed by atoms with Crippen molar-refractivity contribution in [2.45, 2.75) is 51.0 Å². The Labute approximate surface area is 141 Å². The summed E-state index contributed by atoms with van der Waals surface area (Å²) in [7, 11) is 1.81. The number of ether oxygens (including phenoxy) is 1. The molecule has 2 bridgehead atoms. The van der Waals surface area contributed by atoms with Crippen LogP contribution in [-0.2, 0) is 19.1 Å². The van der Waals surface area contributed by atoms with Crippen molar-refractivity contribution in [2.75, 3.05) is 13.6 Å². The van der Waals surface area contributed by atoms with Gasteiger partial charge >= 0.3 is 0 Å². The molecular weight excluding hydrogens is 322 g/mol. The third-order valence-electron chi connectivity index (χ3n) is 5.16. The number of likely N-dealkylation sites (N-methyl/N-ethyl adjacent to an activating group) is 1. The van der Waals surface area contributed by atoms with Crippen molar-refractivity contribution >= 4 is 30.1 Å². The number of rotatable bonds is 5. The molecule has 0 aromatic rings. The van der Waals surface area contributed by atoms with E-state index in [0.717, 1.165) is 17.7 Å². The van der Waals surface area contributed by atoms with Gasteiger partial charge in [-0.25, -0.2) is 0 Å². The smallest absolute Gasteiger partial charge is 0.243 e. The van der Waals surface area contributed by atoms with Crippen LogP contribution in [0, 0.1) is 11.8 Å². The summed E-state index contributed by atoms with van der Waals surface area (Å²) in [6.45, 7) is 4.01. The predicted octanol–water partition coefficient (Wildman–Crippen LogP) is -0.317. The van der Waals surface area contributed by atoms with Gasteiger partial charge in [0.05, 0.1) is 24.0 Å². The highest BCUT2D eigenvalue weighted by molar-refractivity contribution is 6.09. The Morgan fingerprint density at radius 1 is 1.22 bits per heavy atom. The minimum absolute atomic E-state index is 0. The second kappa shape index (κ2) is 6.75. The lowest BCUT2D eigenvalue weighted by molar-refractivity contribution is -0.149. The minimum Gasteiger partial charge on any atom is -0.373 e. The van der Waals surface area contributed by atoms with Crippen LogP contribution in [0.4, 0.5) is 0 Å². The molecule has 3 saturated heterocycles. The first-order valence-corrected chi connectivity index (χ1v) is 7.93. The SMILES string of the molecule is CNC(C)CNC(=O)C(C)N1C(=O)C2C3CCC(O3)C2C1=O.Cl. The number of carbonyl (C=O) groups is 3. The van der Waals surface area contributed by atoms with Crippen LogP contribution in [0.5, 0.6) is 0 Å². The first kappa shape index (κ1) is 18.2. The molecule has 7 nitrogen and oxygen atoms in total. The standard InChI is InChI=1S/C15H23N3O4.ClH/c1-7(16-3)6-17-13(19)8(2)18-14(20)11-9-4-5-10(22-9)12(11)15(18)21;/h7-12,16H,4-6H2,1-3H3,(H,17,19);1H. The molecule has 3 fully saturated rings. The molecule has 3 rings (SSSR count). The molecule has 3 aliphatic heterocycles. The van der Waals surface area contributed by atoms with E-state index in [1.165, 1.54) is 0 Å². The van der Waals surface area contributed by atoms with E-state index in [-0.39, 0.29) is 60.2 Å². The van der Waals surface area contributed by atoms with Crippen LogP contribution in [0.2, 0.25) is 0 Å². The van der Waals surface area contributed by atoms with Gasteiger partial charge in [-0.05, 0) is 33.7 Å². The van der Waals surface area contributed by atoms with Gasteiger partial charge in [0.25, 0.3) is 0 Å². The van der Waals surface area contributed by atoms with Crippen molar-refractivity contribution in [2.24, 2.45) is 11.8 Å². The Morgan fingerprint density at radius 3 is 2.22 bits per heavy atom. The average molecular weight is 346 g/mol. The molecule has 8 heteroatoms. The van der Waals surface area contributed by atoms with Gasteiger partial charge in [-0.15, -0.1) is 12.4 Å².